The molecule has 174 valence electrons. The molecule has 0 fully saturated rings. The number of rotatable bonds is 7. The molecule has 0 aliphatic carbocycles. The van der Waals surface area contributed by atoms with Crippen molar-refractivity contribution in [2.75, 3.05) is 18.5 Å². The number of nitrogens with zero attached hydrogens (tertiary/aromatic N) is 1. The van der Waals surface area contributed by atoms with Crippen molar-refractivity contribution in [1.82, 2.24) is 10.2 Å². The van der Waals surface area contributed by atoms with Crippen LogP contribution in [-0.2, 0) is 9.53 Å². The molecule has 2 N–H and O–H groups in total. The van der Waals surface area contributed by atoms with E-state index >= 15 is 0 Å². The molecule has 0 saturated carbocycles. The Morgan fingerprint density at radius 3 is 2.42 bits per heavy atom. The number of anilines is 1. The maximum Gasteiger partial charge on any atom is 0.338 e. The molecule has 1 aliphatic rings. The summed E-state index contributed by atoms with van der Waals surface area (Å²) in [4.78, 5) is 39.5. The predicted octanol–water partition coefficient (Wildman–Crippen LogP) is 5.56. The van der Waals surface area contributed by atoms with Gasteiger partial charge in [-0.1, -0.05) is 42.3 Å². The molecule has 7 nitrogen and oxygen atoms in total. The van der Waals surface area contributed by atoms with Gasteiger partial charge in [0.15, 0.2) is 0 Å². The molecule has 1 unspecified atom stereocenters. The average Bonchev–Trinajstić information content (AvgIpc) is 2.76. The molecule has 1 heterocycles. The molecule has 0 spiro atoms. The molecule has 0 aromatic heterocycles. The lowest BCUT2D eigenvalue weighted by Gasteiger charge is -2.35. The standard InChI is InChI=1S/C24H25Cl2N3O4/c1-4-12-29-14(3)20(23(31)33-5-2)21(28-24(29)32)15-6-9-17(10-7-15)27-22(30)18-11-8-16(25)13-19(18)26/h6-11,13,21H,4-5,12H2,1-3H3,(H,27,30)(H,28,32). The molecule has 33 heavy (non-hydrogen) atoms. The van der Waals surface area contributed by atoms with Gasteiger partial charge < -0.3 is 15.4 Å². The van der Waals surface area contributed by atoms with Gasteiger partial charge in [0, 0.05) is 23.0 Å². The second-order valence-corrected chi connectivity index (χ2v) is 8.30. The first-order valence-electron chi connectivity index (χ1n) is 10.6. The molecule has 1 aliphatic heterocycles. The van der Waals surface area contributed by atoms with E-state index in [4.69, 9.17) is 27.9 Å². The molecule has 1 atom stereocenters. The fourth-order valence-corrected chi connectivity index (χ4v) is 4.12. The van der Waals surface area contributed by atoms with E-state index in [1.807, 2.05) is 6.92 Å². The van der Waals surface area contributed by atoms with Crippen molar-refractivity contribution in [1.29, 1.82) is 0 Å². The molecule has 9 heteroatoms. The van der Waals surface area contributed by atoms with Gasteiger partial charge >= 0.3 is 12.0 Å². The summed E-state index contributed by atoms with van der Waals surface area (Å²) in [7, 11) is 0. The first-order chi connectivity index (χ1) is 15.8. The van der Waals surface area contributed by atoms with Crippen LogP contribution in [0, 0.1) is 0 Å². The van der Waals surface area contributed by atoms with E-state index in [1.54, 1.807) is 55.1 Å². The molecule has 0 bridgehead atoms. The molecular weight excluding hydrogens is 465 g/mol. The summed E-state index contributed by atoms with van der Waals surface area (Å²) >= 11 is 12.0. The van der Waals surface area contributed by atoms with E-state index in [1.165, 1.54) is 6.07 Å². The number of nitrogens with one attached hydrogen (secondary N) is 2. The number of hydrogen-bond acceptors (Lipinski definition) is 4. The number of carbonyl (C=O) groups is 3. The van der Waals surface area contributed by atoms with Crippen LogP contribution in [0.5, 0.6) is 0 Å². The number of urea groups is 1. The van der Waals surface area contributed by atoms with Gasteiger partial charge in [0.2, 0.25) is 0 Å². The molecule has 2 aromatic carbocycles. The van der Waals surface area contributed by atoms with Crippen molar-refractivity contribution >= 4 is 46.8 Å². The van der Waals surface area contributed by atoms with Crippen molar-refractivity contribution < 1.29 is 19.1 Å². The largest absolute Gasteiger partial charge is 0.463 e. The second-order valence-electron chi connectivity index (χ2n) is 7.45. The smallest absolute Gasteiger partial charge is 0.338 e. The van der Waals surface area contributed by atoms with Crippen LogP contribution >= 0.6 is 23.2 Å². The van der Waals surface area contributed by atoms with Gasteiger partial charge in [0.05, 0.1) is 28.8 Å². The van der Waals surface area contributed by atoms with Crippen LogP contribution in [0.4, 0.5) is 10.5 Å². The van der Waals surface area contributed by atoms with Crippen LogP contribution < -0.4 is 10.6 Å². The van der Waals surface area contributed by atoms with E-state index in [-0.39, 0.29) is 23.6 Å². The molecular formula is C24H25Cl2N3O4. The monoisotopic (exact) mass is 489 g/mol. The van der Waals surface area contributed by atoms with Crippen LogP contribution in [-0.4, -0.2) is 36.0 Å². The summed E-state index contributed by atoms with van der Waals surface area (Å²) in [6.45, 7) is 6.16. The minimum atomic E-state index is -0.667. The van der Waals surface area contributed by atoms with Crippen molar-refractivity contribution in [3.8, 4) is 0 Å². The fraction of sp³-hybridized carbons (Fsp3) is 0.292. The normalized spacial score (nSPS) is 15.8. The topological polar surface area (TPSA) is 87.7 Å². The minimum Gasteiger partial charge on any atom is -0.463 e. The average molecular weight is 490 g/mol. The van der Waals surface area contributed by atoms with Gasteiger partial charge in [0.25, 0.3) is 5.91 Å². The zero-order chi connectivity index (χ0) is 24.1. The first kappa shape index (κ1) is 24.6. The van der Waals surface area contributed by atoms with Crippen LogP contribution in [0.15, 0.2) is 53.7 Å². The van der Waals surface area contributed by atoms with Gasteiger partial charge in [-0.2, -0.15) is 0 Å². The number of hydrogen-bond donors (Lipinski definition) is 2. The third-order valence-electron chi connectivity index (χ3n) is 5.22. The Balaban J connectivity index is 1.86. The Kier molecular flexibility index (Phi) is 8.00. The SMILES string of the molecule is CCCN1C(=O)NC(c2ccc(NC(=O)c3ccc(Cl)cc3Cl)cc2)C(C(=O)OCC)=C1C. The molecule has 0 radical (unpaired) electrons. The van der Waals surface area contributed by atoms with E-state index in [9.17, 15) is 14.4 Å². The number of carbonyl (C=O) groups excluding carboxylic acids is 3. The second kappa shape index (κ2) is 10.7. The van der Waals surface area contributed by atoms with Crippen molar-refractivity contribution in [3.05, 3.63) is 74.9 Å². The maximum absolute atomic E-state index is 12.7. The van der Waals surface area contributed by atoms with E-state index < -0.39 is 12.0 Å². The quantitative estimate of drug-likeness (QED) is 0.498. The summed E-state index contributed by atoms with van der Waals surface area (Å²) in [6.07, 6.45) is 0.748. The summed E-state index contributed by atoms with van der Waals surface area (Å²) in [5.74, 6) is -0.857. The number of halogens is 2. The first-order valence-corrected chi connectivity index (χ1v) is 11.3. The molecule has 3 amide bonds. The molecule has 0 saturated heterocycles. The number of esters is 1. The van der Waals surface area contributed by atoms with Gasteiger partial charge in [-0.3, -0.25) is 9.69 Å². The highest BCUT2D eigenvalue weighted by Gasteiger charge is 2.36. The highest BCUT2D eigenvalue weighted by Crippen LogP contribution is 2.32. The number of benzene rings is 2. The Labute approximate surface area is 202 Å². The van der Waals surface area contributed by atoms with E-state index in [0.29, 0.717) is 39.7 Å². The van der Waals surface area contributed by atoms with E-state index in [2.05, 4.69) is 10.6 Å². The van der Waals surface area contributed by atoms with Crippen molar-refractivity contribution in [2.24, 2.45) is 0 Å². The van der Waals surface area contributed by atoms with Gasteiger partial charge in [-0.05, 0) is 56.2 Å². The number of allylic oxidation sites excluding steroid dienone is 1. The Bertz CT molecular complexity index is 1100. The highest BCUT2D eigenvalue weighted by molar-refractivity contribution is 6.37. The third kappa shape index (κ3) is 5.49. The van der Waals surface area contributed by atoms with Crippen LogP contribution in [0.2, 0.25) is 10.0 Å². The van der Waals surface area contributed by atoms with Crippen LogP contribution in [0.25, 0.3) is 0 Å². The molecule has 2 aromatic rings. The van der Waals surface area contributed by atoms with Gasteiger partial charge in [-0.15, -0.1) is 0 Å². The Morgan fingerprint density at radius 1 is 1.12 bits per heavy atom. The van der Waals surface area contributed by atoms with E-state index in [0.717, 1.165) is 6.42 Å². The van der Waals surface area contributed by atoms with Gasteiger partial charge in [0.1, 0.15) is 0 Å². The predicted molar refractivity (Wildman–Crippen MR) is 128 cm³/mol. The lowest BCUT2D eigenvalue weighted by molar-refractivity contribution is -0.139. The van der Waals surface area contributed by atoms with Crippen LogP contribution in [0.1, 0.15) is 49.2 Å². The Hall–Kier alpha value is -3.03. The number of amides is 3. The summed E-state index contributed by atoms with van der Waals surface area (Å²) in [6, 6.07) is 10.6. The van der Waals surface area contributed by atoms with Crippen LogP contribution in [0.3, 0.4) is 0 Å². The Morgan fingerprint density at radius 2 is 1.82 bits per heavy atom. The highest BCUT2D eigenvalue weighted by atomic mass is 35.5. The molecule has 3 rings (SSSR count). The third-order valence-corrected chi connectivity index (χ3v) is 5.76. The van der Waals surface area contributed by atoms with Gasteiger partial charge in [-0.25, -0.2) is 9.59 Å². The van der Waals surface area contributed by atoms with Crippen molar-refractivity contribution in [3.63, 3.8) is 0 Å². The fourth-order valence-electron chi connectivity index (χ4n) is 3.63. The zero-order valence-electron chi connectivity index (χ0n) is 18.6. The lowest BCUT2D eigenvalue weighted by Crippen LogP contribution is -2.48. The summed E-state index contributed by atoms with van der Waals surface area (Å²) in [5.41, 5.74) is 2.46. The zero-order valence-corrected chi connectivity index (χ0v) is 20.1. The summed E-state index contributed by atoms with van der Waals surface area (Å²) in [5, 5.41) is 6.36. The lowest BCUT2D eigenvalue weighted by atomic mass is 9.94. The minimum absolute atomic E-state index is 0.224. The summed E-state index contributed by atoms with van der Waals surface area (Å²) < 4.78 is 5.26. The maximum atomic E-state index is 12.7. The number of ether oxygens (including phenoxy) is 1. The van der Waals surface area contributed by atoms with Crippen molar-refractivity contribution in [2.45, 2.75) is 33.2 Å².